The third-order valence-corrected chi connectivity index (χ3v) is 5.88. The van der Waals surface area contributed by atoms with E-state index in [-0.39, 0.29) is 12.6 Å². The first-order chi connectivity index (χ1) is 9.51. The average molecular weight is 295 g/mol. The molecule has 0 radical (unpaired) electrons. The second-order valence-corrected chi connectivity index (χ2v) is 7.76. The molecule has 0 aromatic heterocycles. The molecule has 3 rings (SSSR count). The minimum atomic E-state index is -3.49. The van der Waals surface area contributed by atoms with Gasteiger partial charge in [0.25, 0.3) is 0 Å². The summed E-state index contributed by atoms with van der Waals surface area (Å²) in [4.78, 5) is 0.301. The minimum absolute atomic E-state index is 0.109. The van der Waals surface area contributed by atoms with E-state index in [2.05, 4.69) is 4.72 Å². The van der Waals surface area contributed by atoms with Crippen LogP contribution in [0.4, 0.5) is 0 Å². The van der Waals surface area contributed by atoms with E-state index in [1.165, 1.54) is 0 Å². The van der Waals surface area contributed by atoms with Gasteiger partial charge in [-0.15, -0.1) is 0 Å². The zero-order valence-electron chi connectivity index (χ0n) is 11.7. The number of hydrogen-bond donors (Lipinski definition) is 2. The number of aliphatic hydroxyl groups is 1. The van der Waals surface area contributed by atoms with Crippen LogP contribution < -0.4 is 4.72 Å². The van der Waals surface area contributed by atoms with Gasteiger partial charge in [-0.1, -0.05) is 12.1 Å². The van der Waals surface area contributed by atoms with Gasteiger partial charge < -0.3 is 5.11 Å². The molecule has 0 amide bonds. The first-order valence-electron chi connectivity index (χ1n) is 7.24. The molecule has 1 aromatic rings. The molecule has 1 aromatic carbocycles. The molecule has 0 unspecified atom stereocenters. The standard InChI is InChI=1S/C15H21NO3S/c1-10-2-3-11(9-17)8-14(10)20(18,19)16-15(12-4-5-12)13-6-7-13/h2-3,8,12-13,15-17H,4-7,9H2,1H3. The molecule has 4 nitrogen and oxygen atoms in total. The molecular formula is C15H21NO3S. The van der Waals surface area contributed by atoms with E-state index in [1.54, 1.807) is 25.1 Å². The molecule has 2 aliphatic rings. The van der Waals surface area contributed by atoms with Crippen molar-refractivity contribution >= 4 is 10.0 Å². The predicted molar refractivity (Wildman–Crippen MR) is 76.7 cm³/mol. The lowest BCUT2D eigenvalue weighted by Crippen LogP contribution is -2.38. The number of sulfonamides is 1. The molecular weight excluding hydrogens is 274 g/mol. The van der Waals surface area contributed by atoms with Crippen molar-refractivity contribution in [1.29, 1.82) is 0 Å². The van der Waals surface area contributed by atoms with E-state index in [1.807, 2.05) is 0 Å². The van der Waals surface area contributed by atoms with Crippen molar-refractivity contribution in [2.45, 2.75) is 50.2 Å². The summed E-state index contributed by atoms with van der Waals surface area (Å²) in [5.74, 6) is 1.05. The third kappa shape index (κ3) is 2.90. The SMILES string of the molecule is Cc1ccc(CO)cc1S(=O)(=O)NC(C1CC1)C1CC1. The maximum atomic E-state index is 12.6. The van der Waals surface area contributed by atoms with Crippen molar-refractivity contribution in [3.8, 4) is 0 Å². The number of aliphatic hydroxyl groups excluding tert-OH is 1. The molecule has 0 heterocycles. The molecule has 0 aliphatic heterocycles. The highest BCUT2D eigenvalue weighted by atomic mass is 32.2. The molecule has 2 fully saturated rings. The Hall–Kier alpha value is -0.910. The Labute approximate surface area is 120 Å². The van der Waals surface area contributed by atoms with E-state index in [0.717, 1.165) is 31.2 Å². The Morgan fingerprint density at radius 2 is 1.85 bits per heavy atom. The van der Waals surface area contributed by atoms with Crippen molar-refractivity contribution in [3.05, 3.63) is 29.3 Å². The van der Waals surface area contributed by atoms with Crippen LogP contribution in [0.15, 0.2) is 23.1 Å². The third-order valence-electron chi connectivity index (χ3n) is 4.28. The summed E-state index contributed by atoms with van der Waals surface area (Å²) in [5.41, 5.74) is 1.35. The highest BCUT2D eigenvalue weighted by Crippen LogP contribution is 2.45. The van der Waals surface area contributed by atoms with Gasteiger partial charge >= 0.3 is 0 Å². The Morgan fingerprint density at radius 3 is 2.35 bits per heavy atom. The van der Waals surface area contributed by atoms with Crippen LogP contribution in [-0.4, -0.2) is 19.6 Å². The quantitative estimate of drug-likeness (QED) is 0.843. The maximum absolute atomic E-state index is 12.6. The summed E-state index contributed by atoms with van der Waals surface area (Å²) < 4.78 is 28.1. The smallest absolute Gasteiger partial charge is 0.241 e. The van der Waals surface area contributed by atoms with Gasteiger partial charge in [0.2, 0.25) is 10.0 Å². The molecule has 5 heteroatoms. The molecule has 2 aliphatic carbocycles. The second kappa shape index (κ2) is 5.13. The van der Waals surface area contributed by atoms with Crippen molar-refractivity contribution in [1.82, 2.24) is 4.72 Å². The zero-order chi connectivity index (χ0) is 14.3. The lowest BCUT2D eigenvalue weighted by atomic mass is 10.1. The highest BCUT2D eigenvalue weighted by Gasteiger charge is 2.43. The Balaban J connectivity index is 1.86. The fourth-order valence-electron chi connectivity index (χ4n) is 2.76. The Kier molecular flexibility index (Phi) is 3.60. The van der Waals surface area contributed by atoms with Crippen LogP contribution in [0, 0.1) is 18.8 Å². The van der Waals surface area contributed by atoms with Crippen molar-refractivity contribution in [2.24, 2.45) is 11.8 Å². The van der Waals surface area contributed by atoms with Gasteiger partial charge in [-0.3, -0.25) is 0 Å². The van der Waals surface area contributed by atoms with Crippen molar-refractivity contribution < 1.29 is 13.5 Å². The number of aryl methyl sites for hydroxylation is 1. The van der Waals surface area contributed by atoms with E-state index in [0.29, 0.717) is 22.3 Å². The highest BCUT2D eigenvalue weighted by molar-refractivity contribution is 7.89. The van der Waals surface area contributed by atoms with Crippen LogP contribution in [0.25, 0.3) is 0 Å². The van der Waals surface area contributed by atoms with E-state index < -0.39 is 10.0 Å². The molecule has 2 N–H and O–H groups in total. The van der Waals surface area contributed by atoms with Gasteiger partial charge in [0.1, 0.15) is 0 Å². The topological polar surface area (TPSA) is 66.4 Å². The molecule has 0 atom stereocenters. The summed E-state index contributed by atoms with van der Waals surface area (Å²) in [6.07, 6.45) is 4.55. The fourth-order valence-corrected chi connectivity index (χ4v) is 4.43. The van der Waals surface area contributed by atoms with E-state index >= 15 is 0 Å². The van der Waals surface area contributed by atoms with Gasteiger partial charge in [-0.25, -0.2) is 13.1 Å². The molecule has 0 spiro atoms. The zero-order valence-corrected chi connectivity index (χ0v) is 12.5. The summed E-state index contributed by atoms with van der Waals surface area (Å²) in [6, 6.07) is 5.20. The normalized spacial score (nSPS) is 19.6. The predicted octanol–water partition coefficient (Wildman–Crippen LogP) is 1.95. The van der Waals surface area contributed by atoms with Crippen LogP contribution in [0.3, 0.4) is 0 Å². The largest absolute Gasteiger partial charge is 0.392 e. The van der Waals surface area contributed by atoms with Crippen LogP contribution in [-0.2, 0) is 16.6 Å². The Morgan fingerprint density at radius 1 is 1.25 bits per heavy atom. The Bertz CT molecular complexity index is 592. The average Bonchev–Trinajstić information content (AvgIpc) is 3.29. The fraction of sp³-hybridized carbons (Fsp3) is 0.600. The molecule has 110 valence electrons. The number of benzene rings is 1. The second-order valence-electron chi connectivity index (χ2n) is 6.08. The number of nitrogens with one attached hydrogen (secondary N) is 1. The number of hydrogen-bond acceptors (Lipinski definition) is 3. The van der Waals surface area contributed by atoms with E-state index in [9.17, 15) is 13.5 Å². The molecule has 20 heavy (non-hydrogen) atoms. The number of rotatable bonds is 6. The molecule has 2 saturated carbocycles. The van der Waals surface area contributed by atoms with Gasteiger partial charge in [0, 0.05) is 6.04 Å². The van der Waals surface area contributed by atoms with Crippen LogP contribution in [0.2, 0.25) is 0 Å². The van der Waals surface area contributed by atoms with Gasteiger partial charge in [-0.2, -0.15) is 0 Å². The maximum Gasteiger partial charge on any atom is 0.241 e. The summed E-state index contributed by atoms with van der Waals surface area (Å²) >= 11 is 0. The first kappa shape index (κ1) is 14.0. The summed E-state index contributed by atoms with van der Waals surface area (Å²) in [5, 5.41) is 9.18. The monoisotopic (exact) mass is 295 g/mol. The van der Waals surface area contributed by atoms with E-state index in [4.69, 9.17) is 0 Å². The van der Waals surface area contributed by atoms with Crippen molar-refractivity contribution in [2.75, 3.05) is 0 Å². The summed E-state index contributed by atoms with van der Waals surface area (Å²) in [7, 11) is -3.49. The van der Waals surface area contributed by atoms with Crippen LogP contribution in [0.1, 0.15) is 36.8 Å². The van der Waals surface area contributed by atoms with Crippen LogP contribution in [0.5, 0.6) is 0 Å². The lowest BCUT2D eigenvalue weighted by molar-refractivity contribution is 0.281. The summed E-state index contributed by atoms with van der Waals surface area (Å²) in [6.45, 7) is 1.65. The molecule has 0 bridgehead atoms. The van der Waals surface area contributed by atoms with Gasteiger partial charge in [-0.05, 0) is 61.6 Å². The van der Waals surface area contributed by atoms with Gasteiger partial charge in [0.05, 0.1) is 11.5 Å². The first-order valence-corrected chi connectivity index (χ1v) is 8.72. The van der Waals surface area contributed by atoms with Crippen molar-refractivity contribution in [3.63, 3.8) is 0 Å². The minimum Gasteiger partial charge on any atom is -0.392 e. The van der Waals surface area contributed by atoms with Crippen LogP contribution >= 0.6 is 0 Å². The lowest BCUT2D eigenvalue weighted by Gasteiger charge is -2.19. The van der Waals surface area contributed by atoms with Gasteiger partial charge in [0.15, 0.2) is 0 Å². The molecule has 0 saturated heterocycles.